The Morgan fingerprint density at radius 2 is 1.59 bits per heavy atom. The third kappa shape index (κ3) is 8.77. The number of hydrogen-bond donors (Lipinski definition) is 1. The maximum atomic E-state index is 12.6. The number of carbonyl (C=O) groups excluding carboxylic acids is 1. The Kier molecular flexibility index (Phi) is 11.3. The van der Waals surface area contributed by atoms with E-state index in [4.69, 9.17) is 4.74 Å². The molecular formula is C23H39NO4S. The quantitative estimate of drug-likeness (QED) is 0.272. The molecular weight excluding hydrogens is 386 g/mol. The van der Waals surface area contributed by atoms with Gasteiger partial charge in [-0.2, -0.15) is 0 Å². The Bertz CT molecular complexity index is 714. The molecule has 0 aliphatic heterocycles. The average molecular weight is 426 g/mol. The van der Waals surface area contributed by atoms with Crippen LogP contribution >= 0.6 is 0 Å². The van der Waals surface area contributed by atoms with Crippen molar-refractivity contribution in [3.63, 3.8) is 0 Å². The van der Waals surface area contributed by atoms with Gasteiger partial charge in [0.1, 0.15) is 10.6 Å². The molecule has 166 valence electrons. The second kappa shape index (κ2) is 12.9. The molecule has 0 spiro atoms. The lowest BCUT2D eigenvalue weighted by Gasteiger charge is -2.26. The first kappa shape index (κ1) is 25.5. The first-order chi connectivity index (χ1) is 13.8. The molecule has 1 aromatic rings. The standard InChI is InChI=1S/C23H39NO4S/c1-5-7-9-10-11-13-17-28-21-15-14-20(23(3,4)16-12-8-6-2)18-22(21)29(26,27)24-19-25/h14-15,18-19H,5-13,16-17H2,1-4H3,(H,24,25). The summed E-state index contributed by atoms with van der Waals surface area (Å²) in [7, 11) is -3.95. The number of amides is 1. The van der Waals surface area contributed by atoms with Gasteiger partial charge in [-0.1, -0.05) is 85.1 Å². The third-order valence-electron chi connectivity index (χ3n) is 5.38. The smallest absolute Gasteiger partial charge is 0.267 e. The van der Waals surface area contributed by atoms with Gasteiger partial charge in [-0.15, -0.1) is 0 Å². The van der Waals surface area contributed by atoms with Crippen molar-refractivity contribution < 1.29 is 17.9 Å². The number of unbranched alkanes of at least 4 members (excludes halogenated alkanes) is 7. The Labute approximate surface area is 177 Å². The van der Waals surface area contributed by atoms with Crippen molar-refractivity contribution in [3.8, 4) is 5.75 Å². The largest absolute Gasteiger partial charge is 0.492 e. The second-order valence-corrected chi connectivity index (χ2v) is 10.0. The van der Waals surface area contributed by atoms with Crippen LogP contribution in [0, 0.1) is 0 Å². The number of carbonyl (C=O) groups is 1. The van der Waals surface area contributed by atoms with Gasteiger partial charge in [0.15, 0.2) is 0 Å². The Hall–Kier alpha value is -1.56. The van der Waals surface area contributed by atoms with Crippen molar-refractivity contribution in [3.05, 3.63) is 23.8 Å². The van der Waals surface area contributed by atoms with Crippen molar-refractivity contribution in [1.29, 1.82) is 0 Å². The van der Waals surface area contributed by atoms with Crippen LogP contribution in [-0.4, -0.2) is 21.4 Å². The van der Waals surface area contributed by atoms with Crippen LogP contribution < -0.4 is 9.46 Å². The van der Waals surface area contributed by atoms with Crippen LogP contribution in [0.4, 0.5) is 0 Å². The Morgan fingerprint density at radius 1 is 0.966 bits per heavy atom. The van der Waals surface area contributed by atoms with E-state index in [-0.39, 0.29) is 16.7 Å². The highest BCUT2D eigenvalue weighted by molar-refractivity contribution is 7.90. The van der Waals surface area contributed by atoms with E-state index >= 15 is 0 Å². The molecule has 0 heterocycles. The van der Waals surface area contributed by atoms with Gasteiger partial charge >= 0.3 is 0 Å². The van der Waals surface area contributed by atoms with Gasteiger partial charge < -0.3 is 4.74 Å². The molecule has 1 amide bonds. The molecule has 0 saturated heterocycles. The Balaban J connectivity index is 2.94. The molecule has 1 rings (SSSR count). The lowest BCUT2D eigenvalue weighted by atomic mass is 9.80. The number of sulfonamides is 1. The van der Waals surface area contributed by atoms with Gasteiger partial charge in [0.25, 0.3) is 10.0 Å². The summed E-state index contributed by atoms with van der Waals surface area (Å²) in [5.74, 6) is 0.306. The van der Waals surface area contributed by atoms with E-state index in [2.05, 4.69) is 27.7 Å². The Morgan fingerprint density at radius 3 is 2.24 bits per heavy atom. The van der Waals surface area contributed by atoms with Crippen molar-refractivity contribution in [1.82, 2.24) is 4.72 Å². The lowest BCUT2D eigenvalue weighted by Crippen LogP contribution is -2.24. The second-order valence-electron chi connectivity index (χ2n) is 8.36. The molecule has 0 aliphatic carbocycles. The SMILES string of the molecule is CCCCCCCCOc1ccc(C(C)(C)CCCCC)cc1S(=O)(=O)NC=O. The summed E-state index contributed by atoms with van der Waals surface area (Å²) >= 11 is 0. The summed E-state index contributed by atoms with van der Waals surface area (Å²) in [4.78, 5) is 10.9. The van der Waals surface area contributed by atoms with E-state index in [1.54, 1.807) is 12.1 Å². The number of benzene rings is 1. The van der Waals surface area contributed by atoms with Gasteiger partial charge in [-0.3, -0.25) is 9.52 Å². The van der Waals surface area contributed by atoms with E-state index in [1.807, 2.05) is 10.8 Å². The minimum absolute atomic E-state index is 0.0386. The normalized spacial score (nSPS) is 12.0. The predicted molar refractivity (Wildman–Crippen MR) is 119 cm³/mol. The molecule has 0 aromatic heterocycles. The zero-order valence-corrected chi connectivity index (χ0v) is 19.4. The average Bonchev–Trinajstić information content (AvgIpc) is 2.67. The first-order valence-electron chi connectivity index (χ1n) is 11.0. The summed E-state index contributed by atoms with van der Waals surface area (Å²) in [6.07, 6.45) is 11.4. The van der Waals surface area contributed by atoms with E-state index in [0.717, 1.165) is 44.1 Å². The van der Waals surface area contributed by atoms with Gasteiger partial charge in [0.2, 0.25) is 6.41 Å². The van der Waals surface area contributed by atoms with Crippen molar-refractivity contribution in [2.24, 2.45) is 0 Å². The van der Waals surface area contributed by atoms with E-state index in [9.17, 15) is 13.2 Å². The molecule has 1 aromatic carbocycles. The van der Waals surface area contributed by atoms with Gasteiger partial charge in [-0.25, -0.2) is 8.42 Å². The highest BCUT2D eigenvalue weighted by Crippen LogP contribution is 2.34. The summed E-state index contributed by atoms with van der Waals surface area (Å²) < 4.78 is 32.9. The van der Waals surface area contributed by atoms with E-state index in [0.29, 0.717) is 12.4 Å². The monoisotopic (exact) mass is 425 g/mol. The fourth-order valence-corrected chi connectivity index (χ4v) is 4.34. The summed E-state index contributed by atoms with van der Waals surface area (Å²) in [6, 6.07) is 5.34. The van der Waals surface area contributed by atoms with Crippen molar-refractivity contribution in [2.75, 3.05) is 6.61 Å². The highest BCUT2D eigenvalue weighted by Gasteiger charge is 2.26. The van der Waals surface area contributed by atoms with Gasteiger partial charge in [-0.05, 0) is 36.0 Å². The highest BCUT2D eigenvalue weighted by atomic mass is 32.2. The van der Waals surface area contributed by atoms with Gasteiger partial charge in [0.05, 0.1) is 6.61 Å². The molecule has 5 nitrogen and oxygen atoms in total. The van der Waals surface area contributed by atoms with Gasteiger partial charge in [0, 0.05) is 0 Å². The molecule has 0 aliphatic rings. The molecule has 0 radical (unpaired) electrons. The van der Waals surface area contributed by atoms with Crippen LogP contribution in [0.2, 0.25) is 0 Å². The molecule has 1 N–H and O–H groups in total. The summed E-state index contributed by atoms with van der Waals surface area (Å²) in [6.45, 7) is 9.07. The summed E-state index contributed by atoms with van der Waals surface area (Å²) in [5.41, 5.74) is 0.783. The van der Waals surface area contributed by atoms with Crippen LogP contribution in [-0.2, 0) is 20.2 Å². The number of nitrogens with one attached hydrogen (secondary N) is 1. The number of hydrogen-bond acceptors (Lipinski definition) is 4. The maximum absolute atomic E-state index is 12.6. The number of ether oxygens (including phenoxy) is 1. The predicted octanol–water partition coefficient (Wildman–Crippen LogP) is 5.72. The molecule has 0 atom stereocenters. The van der Waals surface area contributed by atoms with Crippen LogP contribution in [0.3, 0.4) is 0 Å². The van der Waals surface area contributed by atoms with Crippen molar-refractivity contribution >= 4 is 16.4 Å². The minimum Gasteiger partial charge on any atom is -0.492 e. The van der Waals surface area contributed by atoms with Crippen molar-refractivity contribution in [2.45, 2.75) is 102 Å². The first-order valence-corrected chi connectivity index (χ1v) is 12.5. The third-order valence-corrected chi connectivity index (χ3v) is 6.68. The zero-order chi connectivity index (χ0) is 21.8. The molecule has 6 heteroatoms. The minimum atomic E-state index is -3.95. The molecule has 0 unspecified atom stereocenters. The van der Waals surface area contributed by atoms with Crippen LogP contribution in [0.1, 0.15) is 97.5 Å². The van der Waals surface area contributed by atoms with E-state index in [1.165, 1.54) is 25.7 Å². The fraction of sp³-hybridized carbons (Fsp3) is 0.696. The number of rotatable bonds is 16. The topological polar surface area (TPSA) is 72.5 Å². The molecule has 0 bridgehead atoms. The van der Waals surface area contributed by atoms with E-state index < -0.39 is 10.0 Å². The molecule has 0 fully saturated rings. The maximum Gasteiger partial charge on any atom is 0.267 e. The van der Waals surface area contributed by atoms with Crippen LogP contribution in [0.5, 0.6) is 5.75 Å². The summed E-state index contributed by atoms with van der Waals surface area (Å²) in [5, 5.41) is 0. The van der Waals surface area contributed by atoms with Crippen LogP contribution in [0.15, 0.2) is 23.1 Å². The lowest BCUT2D eigenvalue weighted by molar-refractivity contribution is -0.108. The van der Waals surface area contributed by atoms with Crippen LogP contribution in [0.25, 0.3) is 0 Å². The molecule has 0 saturated carbocycles. The molecule has 29 heavy (non-hydrogen) atoms. The zero-order valence-electron chi connectivity index (χ0n) is 18.6. The fourth-order valence-electron chi connectivity index (χ4n) is 3.41.